The minimum absolute atomic E-state index is 0.366. The van der Waals surface area contributed by atoms with Crippen LogP contribution in [0.4, 0.5) is 10.1 Å². The van der Waals surface area contributed by atoms with E-state index >= 15 is 0 Å². The van der Waals surface area contributed by atoms with Gasteiger partial charge in [-0.2, -0.15) is 9.49 Å². The number of benzene rings is 2. The monoisotopic (exact) mass is 443 g/mol. The van der Waals surface area contributed by atoms with Gasteiger partial charge in [0.15, 0.2) is 0 Å². The van der Waals surface area contributed by atoms with Crippen molar-refractivity contribution < 1.29 is 4.39 Å². The van der Waals surface area contributed by atoms with Gasteiger partial charge in [0, 0.05) is 31.0 Å². The number of nitrogens with one attached hydrogen (secondary N) is 1. The Bertz CT molecular complexity index is 1280. The van der Waals surface area contributed by atoms with Gasteiger partial charge in [-0.15, -0.1) is 5.10 Å². The number of aromatic nitrogens is 4. The Morgan fingerprint density at radius 1 is 1.00 bits per heavy atom. The zero-order chi connectivity index (χ0) is 22.4. The van der Waals surface area contributed by atoms with Crippen molar-refractivity contribution in [3.63, 3.8) is 0 Å². The number of hydrogen-bond donors (Lipinski definition) is 1. The highest BCUT2D eigenvalue weighted by Gasteiger charge is 2.25. The molecule has 2 aromatic carbocycles. The Balaban J connectivity index is 1.06. The summed E-state index contributed by atoms with van der Waals surface area (Å²) in [5.74, 6) is 0.812. The van der Waals surface area contributed by atoms with E-state index in [2.05, 4.69) is 56.7 Å². The van der Waals surface area contributed by atoms with Gasteiger partial charge < -0.3 is 5.32 Å². The van der Waals surface area contributed by atoms with Gasteiger partial charge in [0.2, 0.25) is 5.95 Å². The lowest BCUT2D eigenvalue weighted by Crippen LogP contribution is -2.20. The summed E-state index contributed by atoms with van der Waals surface area (Å²) in [5.41, 5.74) is 5.68. The highest BCUT2D eigenvalue weighted by molar-refractivity contribution is 5.80. The van der Waals surface area contributed by atoms with Crippen molar-refractivity contribution in [2.45, 2.75) is 50.5 Å². The summed E-state index contributed by atoms with van der Waals surface area (Å²) in [4.78, 5) is 0. The minimum Gasteiger partial charge on any atom is -0.385 e. The maximum atomic E-state index is 14.1. The van der Waals surface area contributed by atoms with Crippen molar-refractivity contribution in [2.24, 2.45) is 13.0 Å². The van der Waals surface area contributed by atoms with Crippen molar-refractivity contribution in [3.8, 4) is 11.1 Å². The molecule has 5 nitrogen and oxygen atoms in total. The van der Waals surface area contributed by atoms with Crippen LogP contribution < -0.4 is 5.32 Å². The fourth-order valence-corrected chi connectivity index (χ4v) is 5.29. The van der Waals surface area contributed by atoms with Crippen LogP contribution in [-0.2, 0) is 7.05 Å². The van der Waals surface area contributed by atoms with Gasteiger partial charge in [0.05, 0.1) is 23.1 Å². The third-order valence-electron chi connectivity index (χ3n) is 7.46. The Kier molecular flexibility index (Phi) is 5.16. The van der Waals surface area contributed by atoms with Crippen molar-refractivity contribution in [1.82, 2.24) is 19.6 Å². The molecular formula is C27H30FN5. The molecule has 2 fully saturated rings. The first-order chi connectivity index (χ1) is 16.1. The topological polar surface area (TPSA) is 47.7 Å². The molecule has 4 aromatic rings. The SMILES string of the molecule is Cn1nc(F)c2cc([C@H]3CC[C@H](CNc4cccc(-c5cnn(C6CC6)c5)c4)CC3)ccc21. The number of halogens is 1. The van der Waals surface area contributed by atoms with Crippen LogP contribution in [0.2, 0.25) is 0 Å². The standard InChI is InChI=1S/C27H30FN5/c1-32-26-12-9-21(14-25(26)27(28)31-32)19-7-5-18(6-8-19)15-29-23-4-2-3-20(13-23)22-16-30-33(17-22)24-10-11-24/h2-4,9,12-14,16-19,24,29H,5-8,10-11,15H2,1H3/t18-,19-. The molecule has 6 heteroatoms. The molecule has 2 aliphatic carbocycles. The number of aryl methyl sites for hydroxylation is 1. The molecule has 0 saturated heterocycles. The molecule has 0 radical (unpaired) electrons. The van der Waals surface area contributed by atoms with E-state index in [1.54, 1.807) is 11.7 Å². The molecule has 0 unspecified atom stereocenters. The number of hydrogen-bond acceptors (Lipinski definition) is 3. The van der Waals surface area contributed by atoms with Crippen LogP contribution in [0.15, 0.2) is 54.9 Å². The van der Waals surface area contributed by atoms with Crippen LogP contribution >= 0.6 is 0 Å². The van der Waals surface area contributed by atoms with Crippen LogP contribution in [0.1, 0.15) is 56.0 Å². The molecule has 1 N–H and O–H groups in total. The second-order valence-electron chi connectivity index (χ2n) is 9.81. The molecule has 6 rings (SSSR count). The van der Waals surface area contributed by atoms with Crippen LogP contribution in [0, 0.1) is 11.9 Å². The van der Waals surface area contributed by atoms with Gasteiger partial charge in [-0.3, -0.25) is 9.36 Å². The van der Waals surface area contributed by atoms with E-state index in [9.17, 15) is 4.39 Å². The lowest BCUT2D eigenvalue weighted by Gasteiger charge is -2.29. The first-order valence-corrected chi connectivity index (χ1v) is 12.1. The Hall–Kier alpha value is -3.15. The van der Waals surface area contributed by atoms with E-state index in [1.807, 2.05) is 18.3 Å². The molecule has 2 saturated carbocycles. The van der Waals surface area contributed by atoms with Gasteiger partial charge in [-0.25, -0.2) is 0 Å². The number of anilines is 1. The zero-order valence-electron chi connectivity index (χ0n) is 19.0. The first-order valence-electron chi connectivity index (χ1n) is 12.1. The fraction of sp³-hybridized carbons (Fsp3) is 0.407. The molecule has 0 spiro atoms. The maximum absolute atomic E-state index is 14.1. The highest BCUT2D eigenvalue weighted by Crippen LogP contribution is 2.38. The summed E-state index contributed by atoms with van der Waals surface area (Å²) < 4.78 is 17.8. The number of nitrogens with zero attached hydrogens (tertiary/aromatic N) is 4. The van der Waals surface area contributed by atoms with Gasteiger partial charge in [0.25, 0.3) is 0 Å². The van der Waals surface area contributed by atoms with Gasteiger partial charge in [-0.1, -0.05) is 18.2 Å². The molecule has 0 bridgehead atoms. The number of rotatable bonds is 6. The molecular weight excluding hydrogens is 413 g/mol. The van der Waals surface area contributed by atoms with E-state index in [-0.39, 0.29) is 5.95 Å². The quantitative estimate of drug-likeness (QED) is 0.381. The molecule has 0 aliphatic heterocycles. The molecule has 2 aromatic heterocycles. The molecule has 0 amide bonds. The lowest BCUT2D eigenvalue weighted by atomic mass is 9.78. The Labute approximate surface area is 193 Å². The van der Waals surface area contributed by atoms with Crippen LogP contribution in [0.5, 0.6) is 0 Å². The summed E-state index contributed by atoms with van der Waals surface area (Å²) in [5, 5.41) is 12.8. The van der Waals surface area contributed by atoms with Crippen molar-refractivity contribution >= 4 is 16.6 Å². The molecule has 0 atom stereocenters. The smallest absolute Gasteiger partial charge is 0.240 e. The predicted molar refractivity (Wildman–Crippen MR) is 130 cm³/mol. The summed E-state index contributed by atoms with van der Waals surface area (Å²) in [6.45, 7) is 0.994. The average molecular weight is 444 g/mol. The normalized spacial score (nSPS) is 20.9. The van der Waals surface area contributed by atoms with E-state index in [4.69, 9.17) is 0 Å². The molecule has 2 heterocycles. The van der Waals surface area contributed by atoms with Gasteiger partial charge in [0.1, 0.15) is 0 Å². The Morgan fingerprint density at radius 3 is 2.67 bits per heavy atom. The summed E-state index contributed by atoms with van der Waals surface area (Å²) in [7, 11) is 1.79. The molecule has 33 heavy (non-hydrogen) atoms. The largest absolute Gasteiger partial charge is 0.385 e. The van der Waals surface area contributed by atoms with E-state index in [0.29, 0.717) is 23.3 Å². The second kappa shape index (κ2) is 8.32. The number of fused-ring (bicyclic) bond motifs is 1. The summed E-state index contributed by atoms with van der Waals surface area (Å²) in [6, 6.07) is 15.5. The van der Waals surface area contributed by atoms with Crippen LogP contribution in [-0.4, -0.2) is 26.1 Å². The van der Waals surface area contributed by atoms with Gasteiger partial charge in [-0.05, 0) is 85.8 Å². The van der Waals surface area contributed by atoms with Crippen molar-refractivity contribution in [2.75, 3.05) is 11.9 Å². The van der Waals surface area contributed by atoms with Crippen LogP contribution in [0.25, 0.3) is 22.0 Å². The Morgan fingerprint density at radius 2 is 1.85 bits per heavy atom. The highest BCUT2D eigenvalue weighted by atomic mass is 19.1. The lowest BCUT2D eigenvalue weighted by molar-refractivity contribution is 0.338. The van der Waals surface area contributed by atoms with E-state index in [0.717, 1.165) is 24.9 Å². The second-order valence-corrected chi connectivity index (χ2v) is 9.81. The van der Waals surface area contributed by atoms with Crippen LogP contribution in [0.3, 0.4) is 0 Å². The van der Waals surface area contributed by atoms with E-state index in [1.165, 1.54) is 48.1 Å². The third kappa shape index (κ3) is 4.14. The summed E-state index contributed by atoms with van der Waals surface area (Å²) in [6.07, 6.45) is 11.3. The fourth-order valence-electron chi connectivity index (χ4n) is 5.29. The van der Waals surface area contributed by atoms with Gasteiger partial charge >= 0.3 is 0 Å². The maximum Gasteiger partial charge on any atom is 0.240 e. The molecule has 2 aliphatic rings. The zero-order valence-corrected chi connectivity index (χ0v) is 19.0. The molecule has 170 valence electrons. The van der Waals surface area contributed by atoms with Crippen molar-refractivity contribution in [3.05, 3.63) is 66.4 Å². The predicted octanol–water partition coefficient (Wildman–Crippen LogP) is 6.30. The van der Waals surface area contributed by atoms with Crippen molar-refractivity contribution in [1.29, 1.82) is 0 Å². The first kappa shape index (κ1) is 20.5. The third-order valence-corrected chi connectivity index (χ3v) is 7.46. The van der Waals surface area contributed by atoms with E-state index < -0.39 is 0 Å². The minimum atomic E-state index is -0.366. The summed E-state index contributed by atoms with van der Waals surface area (Å²) >= 11 is 0. The average Bonchev–Trinajstić information content (AvgIpc) is 3.51.